The van der Waals surface area contributed by atoms with E-state index in [1.54, 1.807) is 18.2 Å². The normalized spacial score (nSPS) is 9.89. The molecule has 0 radical (unpaired) electrons. The molecule has 0 saturated carbocycles. The third-order valence-electron chi connectivity index (χ3n) is 2.32. The molecule has 0 aliphatic rings. The molecule has 0 fully saturated rings. The monoisotopic (exact) mass is 280 g/mol. The number of hydrogen-bond donors (Lipinski definition) is 1. The second kappa shape index (κ2) is 5.26. The van der Waals surface area contributed by atoms with E-state index < -0.39 is 5.82 Å². The molecule has 2 rings (SSSR count). The highest BCUT2D eigenvalue weighted by Gasteiger charge is 2.09. The molecule has 0 atom stereocenters. The van der Waals surface area contributed by atoms with Gasteiger partial charge in [0.05, 0.1) is 22.0 Å². The van der Waals surface area contributed by atoms with Crippen LogP contribution in [0.4, 0.5) is 15.8 Å². The zero-order valence-electron chi connectivity index (χ0n) is 9.05. The van der Waals surface area contributed by atoms with Crippen molar-refractivity contribution in [3.05, 3.63) is 57.8 Å². The summed E-state index contributed by atoms with van der Waals surface area (Å²) < 4.78 is 13.6. The van der Waals surface area contributed by atoms with E-state index >= 15 is 0 Å². The number of nitriles is 1. The number of nitrogens with one attached hydrogen (secondary N) is 1. The second-order valence-corrected chi connectivity index (χ2v) is 4.37. The van der Waals surface area contributed by atoms with Crippen molar-refractivity contribution < 1.29 is 4.39 Å². The van der Waals surface area contributed by atoms with E-state index in [2.05, 4.69) is 5.32 Å². The summed E-state index contributed by atoms with van der Waals surface area (Å²) in [5.41, 5.74) is 0.911. The minimum atomic E-state index is -0.485. The van der Waals surface area contributed by atoms with Crippen LogP contribution in [0.25, 0.3) is 0 Å². The first-order chi connectivity index (χ1) is 8.61. The molecule has 0 amide bonds. The summed E-state index contributed by atoms with van der Waals surface area (Å²) in [6.45, 7) is 0. The van der Waals surface area contributed by atoms with E-state index in [0.29, 0.717) is 16.3 Å². The molecular weight excluding hydrogens is 274 g/mol. The Bertz CT molecular complexity index is 615. The molecule has 0 saturated heterocycles. The average molecular weight is 281 g/mol. The molecule has 18 heavy (non-hydrogen) atoms. The van der Waals surface area contributed by atoms with Crippen LogP contribution in [0, 0.1) is 17.1 Å². The van der Waals surface area contributed by atoms with E-state index in [1.165, 1.54) is 18.2 Å². The predicted octanol–water partition coefficient (Wildman–Crippen LogP) is 4.75. The first kappa shape index (κ1) is 12.7. The minimum Gasteiger partial charge on any atom is -0.351 e. The average Bonchev–Trinajstić information content (AvgIpc) is 2.35. The highest BCUT2D eigenvalue weighted by atomic mass is 35.5. The summed E-state index contributed by atoms with van der Waals surface area (Å²) >= 11 is 11.7. The fraction of sp³-hybridized carbons (Fsp3) is 0. The maximum absolute atomic E-state index is 13.6. The second-order valence-electron chi connectivity index (χ2n) is 3.52. The zero-order chi connectivity index (χ0) is 13.1. The summed E-state index contributed by atoms with van der Waals surface area (Å²) in [5, 5.41) is 12.5. The maximum atomic E-state index is 13.6. The van der Waals surface area contributed by atoms with E-state index in [1.807, 2.05) is 6.07 Å². The molecule has 2 nitrogen and oxygen atoms in total. The first-order valence-corrected chi connectivity index (χ1v) is 5.78. The first-order valence-electron chi connectivity index (χ1n) is 5.02. The van der Waals surface area contributed by atoms with Crippen LogP contribution >= 0.6 is 23.2 Å². The minimum absolute atomic E-state index is 0.137. The molecule has 0 aromatic heterocycles. The Hall–Kier alpha value is -1.76. The van der Waals surface area contributed by atoms with Crippen LogP contribution < -0.4 is 5.32 Å². The number of benzene rings is 2. The van der Waals surface area contributed by atoms with Crippen LogP contribution in [0.3, 0.4) is 0 Å². The number of halogens is 3. The Morgan fingerprint density at radius 2 is 1.94 bits per heavy atom. The predicted molar refractivity (Wildman–Crippen MR) is 70.9 cm³/mol. The highest BCUT2D eigenvalue weighted by Crippen LogP contribution is 2.30. The number of anilines is 2. The lowest BCUT2D eigenvalue weighted by Crippen LogP contribution is -1.97. The fourth-order valence-electron chi connectivity index (χ4n) is 1.47. The molecule has 0 aliphatic carbocycles. The van der Waals surface area contributed by atoms with Crippen molar-refractivity contribution >= 4 is 34.6 Å². The number of hydrogen-bond acceptors (Lipinski definition) is 2. The van der Waals surface area contributed by atoms with Gasteiger partial charge < -0.3 is 5.32 Å². The molecule has 0 aliphatic heterocycles. The Labute approximate surface area is 114 Å². The van der Waals surface area contributed by atoms with Gasteiger partial charge in [0.2, 0.25) is 0 Å². The van der Waals surface area contributed by atoms with Gasteiger partial charge in [0.15, 0.2) is 0 Å². The van der Waals surface area contributed by atoms with Gasteiger partial charge in [-0.3, -0.25) is 0 Å². The van der Waals surface area contributed by atoms with Gasteiger partial charge in [-0.15, -0.1) is 0 Å². The molecule has 90 valence electrons. The van der Waals surface area contributed by atoms with E-state index in [-0.39, 0.29) is 10.7 Å². The van der Waals surface area contributed by atoms with Gasteiger partial charge in [-0.2, -0.15) is 5.26 Å². The van der Waals surface area contributed by atoms with Gasteiger partial charge in [-0.05, 0) is 30.3 Å². The maximum Gasteiger partial charge on any atom is 0.148 e. The molecule has 5 heteroatoms. The van der Waals surface area contributed by atoms with Crippen LogP contribution in [0.1, 0.15) is 5.56 Å². The van der Waals surface area contributed by atoms with Crippen LogP contribution in [-0.2, 0) is 0 Å². The Kier molecular flexibility index (Phi) is 3.71. The number of rotatable bonds is 2. The number of para-hydroxylation sites is 1. The molecule has 0 heterocycles. The summed E-state index contributed by atoms with van der Waals surface area (Å²) in [7, 11) is 0. The Balaban J connectivity index is 2.44. The Morgan fingerprint density at radius 1 is 1.17 bits per heavy atom. The lowest BCUT2D eigenvalue weighted by Gasteiger charge is -2.10. The summed E-state index contributed by atoms with van der Waals surface area (Å²) in [6, 6.07) is 11.1. The molecule has 0 spiro atoms. The third-order valence-corrected chi connectivity index (χ3v) is 2.87. The lowest BCUT2D eigenvalue weighted by atomic mass is 10.2. The van der Waals surface area contributed by atoms with Crippen molar-refractivity contribution in [1.29, 1.82) is 5.26 Å². The van der Waals surface area contributed by atoms with Crippen molar-refractivity contribution in [2.75, 3.05) is 5.32 Å². The third kappa shape index (κ3) is 2.56. The van der Waals surface area contributed by atoms with E-state index in [9.17, 15) is 4.39 Å². The number of nitrogens with zero attached hydrogens (tertiary/aromatic N) is 1. The van der Waals surface area contributed by atoms with Crippen molar-refractivity contribution in [3.8, 4) is 6.07 Å². The largest absolute Gasteiger partial charge is 0.351 e. The molecule has 0 bridgehead atoms. The topological polar surface area (TPSA) is 35.8 Å². The Morgan fingerprint density at radius 3 is 2.61 bits per heavy atom. The molecule has 2 aromatic rings. The van der Waals surface area contributed by atoms with Crippen molar-refractivity contribution in [2.45, 2.75) is 0 Å². The van der Waals surface area contributed by atoms with Crippen LogP contribution in [0.5, 0.6) is 0 Å². The van der Waals surface area contributed by atoms with Crippen LogP contribution in [-0.4, -0.2) is 0 Å². The van der Waals surface area contributed by atoms with Gasteiger partial charge in [-0.25, -0.2) is 4.39 Å². The van der Waals surface area contributed by atoms with Crippen molar-refractivity contribution in [2.24, 2.45) is 0 Å². The molecule has 2 aromatic carbocycles. The smallest absolute Gasteiger partial charge is 0.148 e. The van der Waals surface area contributed by atoms with Gasteiger partial charge >= 0.3 is 0 Å². The zero-order valence-corrected chi connectivity index (χ0v) is 10.6. The van der Waals surface area contributed by atoms with Crippen molar-refractivity contribution in [3.63, 3.8) is 0 Å². The SMILES string of the molecule is N#Cc1cc(Cl)ccc1Nc1c(F)cccc1Cl. The fourth-order valence-corrected chi connectivity index (χ4v) is 1.85. The summed E-state index contributed by atoms with van der Waals surface area (Å²) in [6.07, 6.45) is 0. The molecule has 1 N–H and O–H groups in total. The molecular formula is C13H7Cl2FN2. The highest BCUT2D eigenvalue weighted by molar-refractivity contribution is 6.33. The summed E-state index contributed by atoms with van der Waals surface area (Å²) in [4.78, 5) is 0. The van der Waals surface area contributed by atoms with Crippen LogP contribution in [0.2, 0.25) is 10.0 Å². The van der Waals surface area contributed by atoms with E-state index in [0.717, 1.165) is 0 Å². The summed E-state index contributed by atoms with van der Waals surface area (Å²) in [5.74, 6) is -0.485. The van der Waals surface area contributed by atoms with Gasteiger partial charge in [0.1, 0.15) is 11.9 Å². The van der Waals surface area contributed by atoms with E-state index in [4.69, 9.17) is 28.5 Å². The lowest BCUT2D eigenvalue weighted by molar-refractivity contribution is 0.632. The quantitative estimate of drug-likeness (QED) is 0.862. The van der Waals surface area contributed by atoms with Gasteiger partial charge in [0.25, 0.3) is 0 Å². The molecule has 0 unspecified atom stereocenters. The van der Waals surface area contributed by atoms with Crippen molar-refractivity contribution in [1.82, 2.24) is 0 Å². The van der Waals surface area contributed by atoms with Crippen LogP contribution in [0.15, 0.2) is 36.4 Å². The standard InChI is InChI=1S/C13H7Cl2FN2/c14-9-4-5-12(8(6-9)7-17)18-13-10(15)2-1-3-11(13)16/h1-6,18H. The van der Waals surface area contributed by atoms with Gasteiger partial charge in [0, 0.05) is 5.02 Å². The van der Waals surface area contributed by atoms with Gasteiger partial charge in [-0.1, -0.05) is 29.3 Å².